The number of carbonyl (C=O) groups excluding carboxylic acids is 2. The fraction of sp³-hybridized carbons (Fsp3) is 0.308. The minimum Gasteiger partial charge on any atom is -0.497 e. The Morgan fingerprint density at radius 2 is 1.91 bits per heavy atom. The van der Waals surface area contributed by atoms with Crippen LogP contribution in [0.25, 0.3) is 10.4 Å². The van der Waals surface area contributed by atoms with Gasteiger partial charge in [0.1, 0.15) is 5.75 Å². The van der Waals surface area contributed by atoms with Crippen LogP contribution in [0.1, 0.15) is 24.0 Å². The lowest BCUT2D eigenvalue weighted by Gasteiger charge is -2.41. The molecule has 1 aromatic heterocycles. The van der Waals surface area contributed by atoms with Crippen LogP contribution in [0.2, 0.25) is 0 Å². The molecule has 4 rings (SSSR count). The Balaban J connectivity index is 1.50. The number of hydrogen-bond acceptors (Lipinski definition) is 4. The van der Waals surface area contributed by atoms with Gasteiger partial charge in [-0.3, -0.25) is 9.59 Å². The van der Waals surface area contributed by atoms with Crippen LogP contribution in [0.3, 0.4) is 0 Å². The monoisotopic (exact) mass is 448 g/mol. The zero-order valence-corrected chi connectivity index (χ0v) is 19.1. The summed E-state index contributed by atoms with van der Waals surface area (Å²) in [6, 6.07) is 19.9. The highest BCUT2D eigenvalue weighted by Crippen LogP contribution is 2.35. The highest BCUT2D eigenvalue weighted by atomic mass is 32.1. The summed E-state index contributed by atoms with van der Waals surface area (Å²) >= 11 is 1.69. The Bertz CT molecular complexity index is 1080. The molecule has 5 nitrogen and oxygen atoms in total. The van der Waals surface area contributed by atoms with Crippen LogP contribution in [-0.2, 0) is 22.4 Å². The molecular weight excluding hydrogens is 420 g/mol. The Hall–Kier alpha value is -3.12. The second-order valence-corrected chi connectivity index (χ2v) is 9.39. The first-order valence-corrected chi connectivity index (χ1v) is 11.7. The zero-order chi connectivity index (χ0) is 22.6. The van der Waals surface area contributed by atoms with Crippen molar-refractivity contribution in [2.24, 2.45) is 11.1 Å². The van der Waals surface area contributed by atoms with Gasteiger partial charge < -0.3 is 15.4 Å². The number of rotatable bonds is 7. The number of primary amides is 1. The lowest BCUT2D eigenvalue weighted by molar-refractivity contribution is -0.139. The molecule has 1 aliphatic heterocycles. The van der Waals surface area contributed by atoms with Crippen molar-refractivity contribution < 1.29 is 14.3 Å². The van der Waals surface area contributed by atoms with E-state index in [4.69, 9.17) is 10.5 Å². The molecule has 1 unspecified atom stereocenters. The number of methoxy groups -OCH3 is 1. The number of likely N-dealkylation sites (tertiary alicyclic amines) is 1. The van der Waals surface area contributed by atoms with Crippen LogP contribution in [0.5, 0.6) is 5.75 Å². The van der Waals surface area contributed by atoms with E-state index in [1.54, 1.807) is 18.4 Å². The molecule has 0 aliphatic carbocycles. The van der Waals surface area contributed by atoms with E-state index in [2.05, 4.69) is 23.6 Å². The summed E-state index contributed by atoms with van der Waals surface area (Å²) in [6.07, 6.45) is 2.29. The van der Waals surface area contributed by atoms with E-state index in [1.807, 2.05) is 47.4 Å². The van der Waals surface area contributed by atoms with Gasteiger partial charge in [-0.05, 0) is 59.5 Å². The van der Waals surface area contributed by atoms with Gasteiger partial charge in [-0.25, -0.2) is 0 Å². The topological polar surface area (TPSA) is 72.6 Å². The van der Waals surface area contributed by atoms with E-state index in [-0.39, 0.29) is 11.8 Å². The molecule has 1 atom stereocenters. The van der Waals surface area contributed by atoms with Crippen molar-refractivity contribution in [2.75, 3.05) is 20.2 Å². The average Bonchev–Trinajstić information content (AvgIpc) is 3.35. The molecule has 0 saturated carbocycles. The molecule has 6 heteroatoms. The molecule has 166 valence electrons. The summed E-state index contributed by atoms with van der Waals surface area (Å²) in [5.41, 5.74) is 8.33. The third-order valence-electron chi connectivity index (χ3n) is 6.24. The van der Waals surface area contributed by atoms with Gasteiger partial charge in [-0.15, -0.1) is 11.3 Å². The molecule has 2 amide bonds. The fourth-order valence-corrected chi connectivity index (χ4v) is 5.20. The van der Waals surface area contributed by atoms with Crippen molar-refractivity contribution in [1.82, 2.24) is 4.90 Å². The van der Waals surface area contributed by atoms with E-state index < -0.39 is 5.41 Å². The number of amides is 2. The Labute approximate surface area is 192 Å². The highest BCUT2D eigenvalue weighted by Gasteiger charge is 2.42. The number of nitrogens with zero attached hydrogens (tertiary/aromatic N) is 1. The van der Waals surface area contributed by atoms with Gasteiger partial charge >= 0.3 is 0 Å². The Morgan fingerprint density at radius 3 is 2.59 bits per heavy atom. The highest BCUT2D eigenvalue weighted by molar-refractivity contribution is 7.13. The molecule has 0 spiro atoms. The third-order valence-corrected chi connectivity index (χ3v) is 7.16. The number of thiophene rings is 1. The van der Waals surface area contributed by atoms with Gasteiger partial charge in [0.25, 0.3) is 0 Å². The first kappa shape index (κ1) is 22.1. The summed E-state index contributed by atoms with van der Waals surface area (Å²) in [5.74, 6) is 0.450. The molecule has 0 bridgehead atoms. The van der Waals surface area contributed by atoms with Gasteiger partial charge in [-0.1, -0.05) is 42.5 Å². The normalized spacial score (nSPS) is 18.3. The second kappa shape index (κ2) is 9.57. The number of hydrogen-bond donors (Lipinski definition) is 1. The summed E-state index contributed by atoms with van der Waals surface area (Å²) in [6.45, 7) is 1.01. The largest absolute Gasteiger partial charge is 0.497 e. The molecule has 32 heavy (non-hydrogen) atoms. The first-order chi connectivity index (χ1) is 15.5. The average molecular weight is 449 g/mol. The maximum Gasteiger partial charge on any atom is 0.227 e. The van der Waals surface area contributed by atoms with Crippen LogP contribution in [-0.4, -0.2) is 36.9 Å². The van der Waals surface area contributed by atoms with Gasteiger partial charge in [0.05, 0.1) is 18.9 Å². The molecule has 2 N–H and O–H groups in total. The van der Waals surface area contributed by atoms with Crippen molar-refractivity contribution in [3.8, 4) is 16.2 Å². The summed E-state index contributed by atoms with van der Waals surface area (Å²) in [7, 11) is 1.62. The predicted octanol–water partition coefficient (Wildman–Crippen LogP) is 4.30. The fourth-order valence-electron chi connectivity index (χ4n) is 4.48. The Morgan fingerprint density at radius 1 is 1.09 bits per heavy atom. The molecule has 1 saturated heterocycles. The van der Waals surface area contributed by atoms with Gasteiger partial charge in [-0.2, -0.15) is 0 Å². The van der Waals surface area contributed by atoms with E-state index in [9.17, 15) is 9.59 Å². The standard InChI is InChI=1S/C26H28N2O3S/c1-31-22-10-8-19(9-11-22)16-24(29)28-13-4-12-26(18-28,25(27)30)17-20-5-2-6-21(15-20)23-7-3-14-32-23/h2-3,5-11,14-15H,4,12-13,16-18H2,1H3,(H2,27,30). The summed E-state index contributed by atoms with van der Waals surface area (Å²) in [4.78, 5) is 28.7. The van der Waals surface area contributed by atoms with Gasteiger partial charge in [0, 0.05) is 18.0 Å². The molecule has 3 aromatic rings. The number of piperidine rings is 1. The predicted molar refractivity (Wildman–Crippen MR) is 128 cm³/mol. The molecule has 2 heterocycles. The summed E-state index contributed by atoms with van der Waals surface area (Å²) in [5, 5.41) is 2.06. The van der Waals surface area contributed by atoms with E-state index >= 15 is 0 Å². The minimum atomic E-state index is -0.748. The zero-order valence-electron chi connectivity index (χ0n) is 18.3. The molecule has 0 radical (unpaired) electrons. The van der Waals surface area contributed by atoms with Crippen LogP contribution < -0.4 is 10.5 Å². The van der Waals surface area contributed by atoms with Crippen LogP contribution in [0.4, 0.5) is 0 Å². The molecule has 1 aliphatic rings. The van der Waals surface area contributed by atoms with Crippen molar-refractivity contribution in [3.63, 3.8) is 0 Å². The number of benzene rings is 2. The molecule has 1 fully saturated rings. The van der Waals surface area contributed by atoms with E-state index in [0.29, 0.717) is 32.4 Å². The molecule has 2 aromatic carbocycles. The van der Waals surface area contributed by atoms with Crippen molar-refractivity contribution in [2.45, 2.75) is 25.7 Å². The summed E-state index contributed by atoms with van der Waals surface area (Å²) < 4.78 is 5.19. The maximum atomic E-state index is 13.0. The number of nitrogens with two attached hydrogens (primary N) is 1. The SMILES string of the molecule is COc1ccc(CC(=O)N2CCCC(Cc3cccc(-c4cccs4)c3)(C(N)=O)C2)cc1. The quantitative estimate of drug-likeness (QED) is 0.586. The molecular formula is C26H28N2O3S. The van der Waals surface area contributed by atoms with E-state index in [1.165, 1.54) is 4.88 Å². The van der Waals surface area contributed by atoms with Crippen molar-refractivity contribution in [1.29, 1.82) is 0 Å². The van der Waals surface area contributed by atoms with Crippen LogP contribution in [0.15, 0.2) is 66.0 Å². The number of ether oxygens (including phenoxy) is 1. The Kier molecular flexibility index (Phi) is 6.61. The van der Waals surface area contributed by atoms with Crippen molar-refractivity contribution >= 4 is 23.2 Å². The third kappa shape index (κ3) is 4.86. The van der Waals surface area contributed by atoms with Gasteiger partial charge in [0.2, 0.25) is 11.8 Å². The second-order valence-electron chi connectivity index (χ2n) is 8.44. The van der Waals surface area contributed by atoms with Crippen LogP contribution >= 0.6 is 11.3 Å². The van der Waals surface area contributed by atoms with E-state index in [0.717, 1.165) is 28.9 Å². The number of carbonyl (C=O) groups is 2. The maximum absolute atomic E-state index is 13.0. The minimum absolute atomic E-state index is 0.0211. The van der Waals surface area contributed by atoms with Crippen molar-refractivity contribution in [3.05, 3.63) is 77.2 Å². The van der Waals surface area contributed by atoms with Gasteiger partial charge in [0.15, 0.2) is 0 Å². The lowest BCUT2D eigenvalue weighted by atomic mass is 9.74. The van der Waals surface area contributed by atoms with Crippen LogP contribution in [0, 0.1) is 5.41 Å². The smallest absolute Gasteiger partial charge is 0.227 e. The first-order valence-electron chi connectivity index (χ1n) is 10.8. The lowest BCUT2D eigenvalue weighted by Crippen LogP contribution is -2.53.